The molecule has 2 aromatic rings. The van der Waals surface area contributed by atoms with Crippen molar-refractivity contribution < 1.29 is 9.53 Å². The first kappa shape index (κ1) is 13.0. The lowest BCUT2D eigenvalue weighted by Crippen LogP contribution is -2.24. The van der Waals surface area contributed by atoms with Gasteiger partial charge in [-0.2, -0.15) is 0 Å². The molecule has 0 aliphatic carbocycles. The summed E-state index contributed by atoms with van der Waals surface area (Å²) in [6.45, 7) is 0.446. The van der Waals surface area contributed by atoms with E-state index in [0.29, 0.717) is 17.9 Å². The summed E-state index contributed by atoms with van der Waals surface area (Å²) < 4.78 is 6.84. The van der Waals surface area contributed by atoms with E-state index < -0.39 is 0 Å². The van der Waals surface area contributed by atoms with Gasteiger partial charge in [0.05, 0.1) is 12.8 Å². The fourth-order valence-corrected chi connectivity index (χ4v) is 1.87. The third-order valence-corrected chi connectivity index (χ3v) is 2.85. The van der Waals surface area contributed by atoms with E-state index in [9.17, 15) is 4.79 Å². The Morgan fingerprint density at radius 2 is 2.21 bits per heavy atom. The highest BCUT2D eigenvalue weighted by molar-refractivity contribution is 5.93. The van der Waals surface area contributed by atoms with E-state index in [2.05, 4.69) is 5.32 Å². The predicted molar refractivity (Wildman–Crippen MR) is 74.0 cm³/mol. The third kappa shape index (κ3) is 3.07. The summed E-state index contributed by atoms with van der Waals surface area (Å²) in [5.41, 5.74) is 7.75. The Morgan fingerprint density at radius 1 is 1.42 bits per heavy atom. The van der Waals surface area contributed by atoms with Gasteiger partial charge in [-0.05, 0) is 23.8 Å². The standard InChI is InChI=1S/C14H17N3O2/c1-17-9-11(15)7-13(17)14(18)16-8-10-4-3-5-12(6-10)19-2/h3-7,9H,8,15H2,1-2H3,(H,16,18). The smallest absolute Gasteiger partial charge is 0.268 e. The number of carbonyl (C=O) groups is 1. The minimum absolute atomic E-state index is 0.151. The molecule has 1 amide bonds. The van der Waals surface area contributed by atoms with Crippen molar-refractivity contribution in [2.75, 3.05) is 12.8 Å². The molecule has 0 saturated heterocycles. The fourth-order valence-electron chi connectivity index (χ4n) is 1.87. The summed E-state index contributed by atoms with van der Waals surface area (Å²) in [7, 11) is 3.40. The molecule has 1 heterocycles. The minimum Gasteiger partial charge on any atom is -0.497 e. The highest BCUT2D eigenvalue weighted by Gasteiger charge is 2.10. The van der Waals surface area contributed by atoms with Crippen LogP contribution in [0.15, 0.2) is 36.5 Å². The molecule has 0 aliphatic heterocycles. The number of nitrogens with zero attached hydrogens (tertiary/aromatic N) is 1. The quantitative estimate of drug-likeness (QED) is 0.875. The second-order valence-electron chi connectivity index (χ2n) is 4.30. The molecule has 1 aromatic heterocycles. The van der Waals surface area contributed by atoms with Crippen LogP contribution in [0.1, 0.15) is 16.1 Å². The normalized spacial score (nSPS) is 10.2. The number of nitrogens with two attached hydrogens (primary N) is 1. The topological polar surface area (TPSA) is 69.3 Å². The Bertz CT molecular complexity index is 590. The molecular formula is C14H17N3O2. The Kier molecular flexibility index (Phi) is 3.75. The Balaban J connectivity index is 2.02. The van der Waals surface area contributed by atoms with Gasteiger partial charge in [0.2, 0.25) is 0 Å². The SMILES string of the molecule is COc1cccc(CNC(=O)c2cc(N)cn2C)c1. The van der Waals surface area contributed by atoms with E-state index in [1.807, 2.05) is 24.3 Å². The van der Waals surface area contributed by atoms with Gasteiger partial charge in [0.15, 0.2) is 0 Å². The molecule has 0 saturated carbocycles. The molecule has 1 aromatic carbocycles. The van der Waals surface area contributed by atoms with Crippen molar-refractivity contribution in [3.8, 4) is 5.75 Å². The van der Waals surface area contributed by atoms with Crippen molar-refractivity contribution in [3.05, 3.63) is 47.8 Å². The molecule has 0 aliphatic rings. The van der Waals surface area contributed by atoms with Crippen LogP contribution in [-0.2, 0) is 13.6 Å². The monoisotopic (exact) mass is 259 g/mol. The largest absolute Gasteiger partial charge is 0.497 e. The molecule has 2 rings (SSSR count). The van der Waals surface area contributed by atoms with Gasteiger partial charge >= 0.3 is 0 Å². The molecule has 19 heavy (non-hydrogen) atoms. The maximum Gasteiger partial charge on any atom is 0.268 e. The van der Waals surface area contributed by atoms with Crippen LogP contribution in [0, 0.1) is 0 Å². The first-order valence-electron chi connectivity index (χ1n) is 5.93. The van der Waals surface area contributed by atoms with E-state index in [1.165, 1.54) is 0 Å². The fraction of sp³-hybridized carbons (Fsp3) is 0.214. The summed E-state index contributed by atoms with van der Waals surface area (Å²) in [6, 6.07) is 9.23. The van der Waals surface area contributed by atoms with E-state index in [0.717, 1.165) is 11.3 Å². The van der Waals surface area contributed by atoms with Crippen LogP contribution in [-0.4, -0.2) is 17.6 Å². The van der Waals surface area contributed by atoms with Gasteiger partial charge in [0.1, 0.15) is 11.4 Å². The molecule has 0 spiro atoms. The number of amides is 1. The maximum absolute atomic E-state index is 12.0. The van der Waals surface area contributed by atoms with Crippen LogP contribution >= 0.6 is 0 Å². The van der Waals surface area contributed by atoms with Crippen molar-refractivity contribution in [2.45, 2.75) is 6.54 Å². The van der Waals surface area contributed by atoms with Crippen LogP contribution in [0.4, 0.5) is 5.69 Å². The third-order valence-electron chi connectivity index (χ3n) is 2.85. The van der Waals surface area contributed by atoms with Gasteiger partial charge in [0, 0.05) is 19.8 Å². The van der Waals surface area contributed by atoms with Crippen molar-refractivity contribution in [2.24, 2.45) is 7.05 Å². The second kappa shape index (κ2) is 5.48. The Morgan fingerprint density at radius 3 is 2.84 bits per heavy atom. The number of hydrogen-bond acceptors (Lipinski definition) is 3. The van der Waals surface area contributed by atoms with Crippen LogP contribution in [0.5, 0.6) is 5.75 Å². The van der Waals surface area contributed by atoms with Crippen molar-refractivity contribution in [3.63, 3.8) is 0 Å². The van der Waals surface area contributed by atoms with E-state index in [-0.39, 0.29) is 5.91 Å². The number of aromatic nitrogens is 1. The van der Waals surface area contributed by atoms with Gasteiger partial charge in [-0.15, -0.1) is 0 Å². The molecular weight excluding hydrogens is 242 g/mol. The number of anilines is 1. The van der Waals surface area contributed by atoms with Crippen molar-refractivity contribution in [1.29, 1.82) is 0 Å². The highest BCUT2D eigenvalue weighted by atomic mass is 16.5. The van der Waals surface area contributed by atoms with Gasteiger partial charge in [-0.25, -0.2) is 0 Å². The molecule has 0 radical (unpaired) electrons. The zero-order valence-electron chi connectivity index (χ0n) is 11.0. The van der Waals surface area contributed by atoms with Gasteiger partial charge in [-0.3, -0.25) is 4.79 Å². The first-order chi connectivity index (χ1) is 9.10. The molecule has 100 valence electrons. The lowest BCUT2D eigenvalue weighted by Gasteiger charge is -2.07. The van der Waals surface area contributed by atoms with Gasteiger partial charge < -0.3 is 20.4 Å². The zero-order chi connectivity index (χ0) is 13.8. The van der Waals surface area contributed by atoms with E-state index in [4.69, 9.17) is 10.5 Å². The number of rotatable bonds is 4. The summed E-state index contributed by atoms with van der Waals surface area (Å²) in [5.74, 6) is 0.622. The van der Waals surface area contributed by atoms with Crippen LogP contribution in [0.3, 0.4) is 0 Å². The molecule has 3 N–H and O–H groups in total. The zero-order valence-corrected chi connectivity index (χ0v) is 11.0. The number of aryl methyl sites for hydroxylation is 1. The molecule has 0 unspecified atom stereocenters. The Hall–Kier alpha value is -2.43. The highest BCUT2D eigenvalue weighted by Crippen LogP contribution is 2.13. The van der Waals surface area contributed by atoms with E-state index in [1.54, 1.807) is 31.0 Å². The number of nitrogen functional groups attached to an aromatic ring is 1. The number of ether oxygens (including phenoxy) is 1. The number of nitrogens with one attached hydrogen (secondary N) is 1. The number of hydrogen-bond donors (Lipinski definition) is 2. The average Bonchev–Trinajstić information content (AvgIpc) is 2.75. The van der Waals surface area contributed by atoms with Crippen LogP contribution in [0.2, 0.25) is 0 Å². The average molecular weight is 259 g/mol. The Labute approximate surface area is 112 Å². The molecule has 0 atom stereocenters. The molecule has 5 nitrogen and oxygen atoms in total. The van der Waals surface area contributed by atoms with Crippen LogP contribution in [0.25, 0.3) is 0 Å². The number of methoxy groups -OCH3 is 1. The maximum atomic E-state index is 12.0. The summed E-state index contributed by atoms with van der Waals surface area (Å²) in [5, 5.41) is 2.85. The predicted octanol–water partition coefficient (Wildman–Crippen LogP) is 1.55. The second-order valence-corrected chi connectivity index (χ2v) is 4.30. The van der Waals surface area contributed by atoms with Crippen LogP contribution < -0.4 is 15.8 Å². The minimum atomic E-state index is -0.151. The van der Waals surface area contributed by atoms with Gasteiger partial charge in [0.25, 0.3) is 5.91 Å². The van der Waals surface area contributed by atoms with Crippen molar-refractivity contribution >= 4 is 11.6 Å². The summed E-state index contributed by atoms with van der Waals surface area (Å²) in [4.78, 5) is 12.0. The summed E-state index contributed by atoms with van der Waals surface area (Å²) >= 11 is 0. The lowest BCUT2D eigenvalue weighted by molar-refractivity contribution is 0.0943. The summed E-state index contributed by atoms with van der Waals surface area (Å²) in [6.07, 6.45) is 1.71. The lowest BCUT2D eigenvalue weighted by atomic mass is 10.2. The van der Waals surface area contributed by atoms with Gasteiger partial charge in [-0.1, -0.05) is 12.1 Å². The molecule has 5 heteroatoms. The molecule has 0 fully saturated rings. The number of benzene rings is 1. The van der Waals surface area contributed by atoms with E-state index >= 15 is 0 Å². The first-order valence-corrected chi connectivity index (χ1v) is 5.93. The van der Waals surface area contributed by atoms with Crippen molar-refractivity contribution in [1.82, 2.24) is 9.88 Å². The molecule has 0 bridgehead atoms. The number of carbonyl (C=O) groups excluding carboxylic acids is 1.